The van der Waals surface area contributed by atoms with E-state index in [1.165, 1.54) is 5.56 Å². The molecule has 1 saturated heterocycles. The first-order chi connectivity index (χ1) is 17.3. The van der Waals surface area contributed by atoms with Crippen molar-refractivity contribution >= 4 is 34.8 Å². The molecule has 0 spiro atoms. The van der Waals surface area contributed by atoms with Crippen LogP contribution in [0.15, 0.2) is 42.0 Å². The molecule has 1 aromatic rings. The number of carboxylic acid groups (broad SMARTS) is 1. The maximum absolute atomic E-state index is 13.8. The standard InChI is InChI=1S/C31H39IO4/c1-18(2)25-13-22-14-29(17-33)24-10-9-19(3)23(24)15-30(22,31(25,29)28(34)35)27-12-21(26(16-32)36-27)11-20-7-5-4-6-8-20/h4-8,13,17-19,21-24,26-27H,9-12,14-16H2,1-3H3,(H,34,35)/t19-,21?,22?,23-,24-,26?,27?,29?,30?,31?/m1/s1. The molecule has 4 bridgehead atoms. The zero-order valence-corrected chi connectivity index (χ0v) is 23.8. The molecule has 6 rings (SSSR count). The van der Waals surface area contributed by atoms with Crippen LogP contribution in [0.4, 0.5) is 0 Å². The van der Waals surface area contributed by atoms with Crippen molar-refractivity contribution < 1.29 is 19.4 Å². The van der Waals surface area contributed by atoms with Crippen LogP contribution in [0, 0.1) is 51.8 Å². The van der Waals surface area contributed by atoms with E-state index in [0.717, 1.165) is 48.4 Å². The van der Waals surface area contributed by atoms with Crippen LogP contribution in [0.25, 0.3) is 0 Å². The largest absolute Gasteiger partial charge is 0.481 e. The first-order valence-electron chi connectivity index (χ1n) is 13.9. The summed E-state index contributed by atoms with van der Waals surface area (Å²) >= 11 is 2.44. The fraction of sp³-hybridized carbons (Fsp3) is 0.677. The zero-order chi connectivity index (χ0) is 25.5. The van der Waals surface area contributed by atoms with Crippen molar-refractivity contribution in [2.45, 2.75) is 71.5 Å². The maximum atomic E-state index is 13.8. The number of allylic oxidation sites excluding steroid dienone is 1. The summed E-state index contributed by atoms with van der Waals surface area (Å²) in [5.41, 5.74) is -0.162. The highest BCUT2D eigenvalue weighted by atomic mass is 127. The second kappa shape index (κ2) is 8.65. The number of halogens is 1. The summed E-state index contributed by atoms with van der Waals surface area (Å²) in [6.45, 7) is 6.57. The molecule has 0 radical (unpaired) electrons. The first-order valence-corrected chi connectivity index (χ1v) is 15.5. The van der Waals surface area contributed by atoms with Crippen LogP contribution < -0.4 is 0 Å². The third-order valence-corrected chi connectivity index (χ3v) is 12.3. The number of alkyl halides is 1. The Labute approximate surface area is 228 Å². The molecule has 36 heavy (non-hydrogen) atoms. The molecule has 4 nitrogen and oxygen atoms in total. The average Bonchev–Trinajstić information content (AvgIpc) is 3.57. The lowest BCUT2D eigenvalue weighted by Gasteiger charge is -2.60. The Morgan fingerprint density at radius 2 is 1.97 bits per heavy atom. The summed E-state index contributed by atoms with van der Waals surface area (Å²) in [5, 5.41) is 11.3. The summed E-state index contributed by atoms with van der Waals surface area (Å²) in [4.78, 5) is 27.1. The molecule has 0 amide bonds. The predicted molar refractivity (Wildman–Crippen MR) is 148 cm³/mol. The zero-order valence-electron chi connectivity index (χ0n) is 21.7. The van der Waals surface area contributed by atoms with Gasteiger partial charge in [-0.2, -0.15) is 0 Å². The molecule has 1 aliphatic heterocycles. The molecule has 194 valence electrons. The number of rotatable bonds is 7. The summed E-state index contributed by atoms with van der Waals surface area (Å²) in [6.07, 6.45) is 8.90. The van der Waals surface area contributed by atoms with Crippen LogP contribution in [0.1, 0.15) is 58.4 Å². The molecule has 1 N–H and O–H groups in total. The molecule has 4 fully saturated rings. The van der Waals surface area contributed by atoms with E-state index in [0.29, 0.717) is 24.2 Å². The first kappa shape index (κ1) is 25.1. The van der Waals surface area contributed by atoms with Gasteiger partial charge in [0.1, 0.15) is 11.7 Å². The number of aldehydes is 1. The SMILES string of the molecule is CC(C)C1=CC2CC3(C=O)[C@@H]4CC[C@@H](C)[C@H]4CC2(C2CC(Cc4ccccc4)C(CI)O2)C13C(=O)O. The highest BCUT2D eigenvalue weighted by molar-refractivity contribution is 14.1. The monoisotopic (exact) mass is 602 g/mol. The Bertz CT molecular complexity index is 1080. The number of aliphatic carboxylic acids is 1. The quantitative estimate of drug-likeness (QED) is 0.171. The van der Waals surface area contributed by atoms with E-state index in [1.807, 2.05) is 0 Å². The van der Waals surface area contributed by atoms with Crippen molar-refractivity contribution in [1.82, 2.24) is 0 Å². The molecule has 5 heteroatoms. The maximum Gasteiger partial charge on any atom is 0.315 e. The number of fused-ring (bicyclic) bond motifs is 2. The van der Waals surface area contributed by atoms with Crippen LogP contribution in [0.2, 0.25) is 0 Å². The molecule has 7 unspecified atom stereocenters. The lowest BCUT2D eigenvalue weighted by Crippen LogP contribution is -2.65. The van der Waals surface area contributed by atoms with Crippen molar-refractivity contribution in [1.29, 1.82) is 0 Å². The molecular formula is C31H39IO4. The van der Waals surface area contributed by atoms with Gasteiger partial charge in [-0.15, -0.1) is 0 Å². The van der Waals surface area contributed by atoms with E-state index in [4.69, 9.17) is 4.74 Å². The van der Waals surface area contributed by atoms with Crippen LogP contribution in [-0.2, 0) is 20.7 Å². The molecule has 3 saturated carbocycles. The molecule has 1 heterocycles. The Kier molecular flexibility index (Phi) is 6.03. The number of ether oxygens (including phenoxy) is 1. The molecule has 1 aromatic carbocycles. The second-order valence-electron chi connectivity index (χ2n) is 12.9. The Hall–Kier alpha value is -1.21. The summed E-state index contributed by atoms with van der Waals surface area (Å²) < 4.78 is 7.89. The number of carbonyl (C=O) groups excluding carboxylic acids is 1. The van der Waals surface area contributed by atoms with E-state index in [1.54, 1.807) is 0 Å². The van der Waals surface area contributed by atoms with Gasteiger partial charge in [0, 0.05) is 9.84 Å². The van der Waals surface area contributed by atoms with Crippen LogP contribution in [0.3, 0.4) is 0 Å². The highest BCUT2D eigenvalue weighted by Crippen LogP contribution is 2.84. The summed E-state index contributed by atoms with van der Waals surface area (Å²) in [5.74, 6) is 0.898. The molecule has 10 atom stereocenters. The average molecular weight is 603 g/mol. The Balaban J connectivity index is 1.49. The number of carbonyl (C=O) groups is 2. The van der Waals surface area contributed by atoms with Gasteiger partial charge in [0.25, 0.3) is 0 Å². The van der Waals surface area contributed by atoms with E-state index >= 15 is 0 Å². The van der Waals surface area contributed by atoms with Gasteiger partial charge in [0.05, 0.1) is 17.6 Å². The molecule has 5 aliphatic rings. The van der Waals surface area contributed by atoms with Gasteiger partial charge in [-0.1, -0.05) is 91.8 Å². The minimum atomic E-state index is -1.14. The topological polar surface area (TPSA) is 63.6 Å². The molecular weight excluding hydrogens is 563 g/mol. The normalized spacial score (nSPS) is 46.7. The number of hydrogen-bond donors (Lipinski definition) is 1. The van der Waals surface area contributed by atoms with Gasteiger partial charge in [-0.05, 0) is 73.2 Å². The van der Waals surface area contributed by atoms with Gasteiger partial charge in [-0.25, -0.2) is 0 Å². The van der Waals surface area contributed by atoms with Crippen LogP contribution in [-0.4, -0.2) is 34.0 Å². The lowest BCUT2D eigenvalue weighted by atomic mass is 9.41. The van der Waals surface area contributed by atoms with Crippen molar-refractivity contribution in [2.24, 2.45) is 51.8 Å². The Morgan fingerprint density at radius 1 is 1.22 bits per heavy atom. The number of carboxylic acids is 1. The smallest absolute Gasteiger partial charge is 0.315 e. The lowest BCUT2D eigenvalue weighted by molar-refractivity contribution is -0.196. The molecule has 0 aromatic heterocycles. The Morgan fingerprint density at radius 3 is 2.61 bits per heavy atom. The van der Waals surface area contributed by atoms with Gasteiger partial charge < -0.3 is 14.6 Å². The van der Waals surface area contributed by atoms with E-state index in [9.17, 15) is 14.7 Å². The summed E-state index contributed by atoms with van der Waals surface area (Å²) in [7, 11) is 0. The van der Waals surface area contributed by atoms with E-state index in [-0.39, 0.29) is 30.0 Å². The fourth-order valence-electron chi connectivity index (χ4n) is 10.3. The van der Waals surface area contributed by atoms with Crippen LogP contribution in [0.5, 0.6) is 0 Å². The number of benzene rings is 1. The second-order valence-corrected chi connectivity index (χ2v) is 13.8. The third-order valence-electron chi connectivity index (χ3n) is 11.4. The minimum absolute atomic E-state index is 0.0994. The van der Waals surface area contributed by atoms with E-state index < -0.39 is 22.2 Å². The van der Waals surface area contributed by atoms with Crippen molar-refractivity contribution in [3.8, 4) is 0 Å². The van der Waals surface area contributed by atoms with Crippen molar-refractivity contribution in [2.75, 3.05) is 4.43 Å². The number of hydrogen-bond acceptors (Lipinski definition) is 3. The predicted octanol–water partition coefficient (Wildman–Crippen LogP) is 6.36. The summed E-state index contributed by atoms with van der Waals surface area (Å²) in [6, 6.07) is 10.6. The third kappa shape index (κ3) is 2.91. The highest BCUT2D eigenvalue weighted by Gasteiger charge is 2.86. The van der Waals surface area contributed by atoms with Crippen molar-refractivity contribution in [3.05, 3.63) is 47.5 Å². The van der Waals surface area contributed by atoms with Gasteiger partial charge in [0.15, 0.2) is 0 Å². The van der Waals surface area contributed by atoms with E-state index in [2.05, 4.69) is 79.8 Å². The van der Waals surface area contributed by atoms with Crippen molar-refractivity contribution in [3.63, 3.8) is 0 Å². The van der Waals surface area contributed by atoms with Gasteiger partial charge >= 0.3 is 5.97 Å². The van der Waals surface area contributed by atoms with Crippen LogP contribution >= 0.6 is 22.6 Å². The fourth-order valence-corrected chi connectivity index (χ4v) is 11.2. The van der Waals surface area contributed by atoms with Gasteiger partial charge in [0.2, 0.25) is 0 Å². The molecule has 4 aliphatic carbocycles. The minimum Gasteiger partial charge on any atom is -0.481 e. The van der Waals surface area contributed by atoms with Gasteiger partial charge in [-0.3, -0.25) is 4.79 Å².